The van der Waals surface area contributed by atoms with Crippen LogP contribution in [0.3, 0.4) is 0 Å². The van der Waals surface area contributed by atoms with Crippen LogP contribution in [0.4, 0.5) is 5.69 Å². The molecule has 160 valence electrons. The van der Waals surface area contributed by atoms with E-state index in [9.17, 15) is 14.4 Å². The van der Waals surface area contributed by atoms with E-state index in [1.165, 1.54) is 0 Å². The first-order valence-electron chi connectivity index (χ1n) is 9.32. The Labute approximate surface area is 174 Å². The van der Waals surface area contributed by atoms with Gasteiger partial charge in [0.2, 0.25) is 0 Å². The second-order valence-corrected chi connectivity index (χ2v) is 7.92. The standard InChI is InChI=1S/C22H26N2O6/c1-22(2,3)15-9-7-14(8-10-15)19(25)24-16-6-4-5-13(11-16)12-30-18(21(28)29)17(23)20(26)27/h4-11,17-18H,12,23H2,1-3H3,(H,24,25)(H,26,27)(H,28,29)/t17-,18-/m0/s1. The van der Waals surface area contributed by atoms with Crippen molar-refractivity contribution in [2.45, 2.75) is 44.9 Å². The number of hydrogen-bond acceptors (Lipinski definition) is 5. The van der Waals surface area contributed by atoms with Crippen molar-refractivity contribution in [3.05, 3.63) is 65.2 Å². The summed E-state index contributed by atoms with van der Waals surface area (Å²) in [5.74, 6) is -3.22. The minimum Gasteiger partial charge on any atom is -0.480 e. The molecule has 0 unspecified atom stereocenters. The molecule has 2 aromatic rings. The number of carbonyl (C=O) groups excluding carboxylic acids is 1. The van der Waals surface area contributed by atoms with Crippen LogP contribution in [0, 0.1) is 0 Å². The number of nitrogens with two attached hydrogens (primary N) is 1. The maximum Gasteiger partial charge on any atom is 0.335 e. The van der Waals surface area contributed by atoms with E-state index in [1.54, 1.807) is 36.4 Å². The van der Waals surface area contributed by atoms with Crippen LogP contribution in [-0.4, -0.2) is 40.2 Å². The molecule has 0 fully saturated rings. The highest BCUT2D eigenvalue weighted by Crippen LogP contribution is 2.22. The Morgan fingerprint density at radius 1 is 1.03 bits per heavy atom. The summed E-state index contributed by atoms with van der Waals surface area (Å²) in [7, 11) is 0. The Balaban J connectivity index is 2.05. The molecule has 0 bridgehead atoms. The van der Waals surface area contributed by atoms with Crippen molar-refractivity contribution in [2.24, 2.45) is 5.73 Å². The van der Waals surface area contributed by atoms with Crippen molar-refractivity contribution in [1.82, 2.24) is 0 Å². The number of carbonyl (C=O) groups is 3. The van der Waals surface area contributed by atoms with Crippen LogP contribution in [0.25, 0.3) is 0 Å². The molecule has 8 heteroatoms. The van der Waals surface area contributed by atoms with Gasteiger partial charge in [-0.2, -0.15) is 0 Å². The molecule has 5 N–H and O–H groups in total. The predicted octanol–water partition coefficient (Wildman–Crippen LogP) is 2.62. The summed E-state index contributed by atoms with van der Waals surface area (Å²) >= 11 is 0. The second kappa shape index (κ2) is 9.51. The maximum atomic E-state index is 12.5. The number of benzene rings is 2. The fraction of sp³-hybridized carbons (Fsp3) is 0.318. The van der Waals surface area contributed by atoms with Crippen LogP contribution < -0.4 is 11.1 Å². The lowest BCUT2D eigenvalue weighted by atomic mass is 9.87. The second-order valence-electron chi connectivity index (χ2n) is 7.92. The Kier molecular flexibility index (Phi) is 7.31. The van der Waals surface area contributed by atoms with Gasteiger partial charge >= 0.3 is 11.9 Å². The van der Waals surface area contributed by atoms with Gasteiger partial charge in [0.25, 0.3) is 5.91 Å². The quantitative estimate of drug-likeness (QED) is 0.521. The average molecular weight is 414 g/mol. The number of anilines is 1. The Hall–Kier alpha value is -3.23. The molecule has 2 rings (SSSR count). The molecule has 0 saturated heterocycles. The van der Waals surface area contributed by atoms with Crippen molar-refractivity contribution in [1.29, 1.82) is 0 Å². The topological polar surface area (TPSA) is 139 Å². The number of aliphatic carboxylic acids is 2. The molecule has 1 amide bonds. The summed E-state index contributed by atoms with van der Waals surface area (Å²) in [5, 5.41) is 20.8. The predicted molar refractivity (Wildman–Crippen MR) is 111 cm³/mol. The number of nitrogens with one attached hydrogen (secondary N) is 1. The molecule has 0 saturated carbocycles. The van der Waals surface area contributed by atoms with Gasteiger partial charge in [-0.3, -0.25) is 9.59 Å². The molecule has 0 aliphatic rings. The van der Waals surface area contributed by atoms with E-state index in [0.717, 1.165) is 5.56 Å². The number of carboxylic acids is 2. The molecular formula is C22H26N2O6. The highest BCUT2D eigenvalue weighted by molar-refractivity contribution is 6.04. The third-order valence-corrected chi connectivity index (χ3v) is 4.48. The minimum atomic E-state index is -1.69. The zero-order valence-corrected chi connectivity index (χ0v) is 17.1. The van der Waals surface area contributed by atoms with Gasteiger partial charge in [0.15, 0.2) is 6.10 Å². The fourth-order valence-electron chi connectivity index (χ4n) is 2.71. The van der Waals surface area contributed by atoms with Crippen LogP contribution in [0.2, 0.25) is 0 Å². The van der Waals surface area contributed by atoms with Gasteiger partial charge in [-0.25, -0.2) is 4.79 Å². The Morgan fingerprint density at radius 3 is 2.20 bits per heavy atom. The number of rotatable bonds is 8. The minimum absolute atomic E-state index is 0.0136. The van der Waals surface area contributed by atoms with Crippen LogP contribution in [0.1, 0.15) is 42.3 Å². The molecule has 0 aliphatic heterocycles. The van der Waals surface area contributed by atoms with Crippen molar-refractivity contribution in [3.63, 3.8) is 0 Å². The monoisotopic (exact) mass is 414 g/mol. The van der Waals surface area contributed by atoms with E-state index in [4.69, 9.17) is 20.7 Å². The van der Waals surface area contributed by atoms with Gasteiger partial charge in [-0.1, -0.05) is 45.0 Å². The summed E-state index contributed by atoms with van der Waals surface area (Å²) in [6.07, 6.45) is -1.69. The zero-order valence-electron chi connectivity index (χ0n) is 17.1. The van der Waals surface area contributed by atoms with E-state index in [-0.39, 0.29) is 17.9 Å². The van der Waals surface area contributed by atoms with Crippen LogP contribution >= 0.6 is 0 Å². The maximum absolute atomic E-state index is 12.5. The molecule has 30 heavy (non-hydrogen) atoms. The first-order chi connectivity index (χ1) is 14.0. The van der Waals surface area contributed by atoms with Gasteiger partial charge in [0.1, 0.15) is 6.04 Å². The normalized spacial score (nSPS) is 13.3. The van der Waals surface area contributed by atoms with Crippen molar-refractivity contribution < 1.29 is 29.3 Å². The zero-order chi connectivity index (χ0) is 22.5. The molecule has 0 heterocycles. The molecule has 8 nitrogen and oxygen atoms in total. The summed E-state index contributed by atoms with van der Waals surface area (Å²) in [6, 6.07) is 12.3. The highest BCUT2D eigenvalue weighted by Gasteiger charge is 2.31. The molecule has 0 aromatic heterocycles. The molecule has 0 aliphatic carbocycles. The molecule has 2 aromatic carbocycles. The van der Waals surface area contributed by atoms with E-state index < -0.39 is 24.1 Å². The largest absolute Gasteiger partial charge is 0.480 e. The third kappa shape index (κ3) is 6.13. The molecule has 2 atom stereocenters. The number of ether oxygens (including phenoxy) is 1. The summed E-state index contributed by atoms with van der Waals surface area (Å²) in [6.45, 7) is 6.09. The molecule has 0 spiro atoms. The first kappa shape index (κ1) is 23.1. The number of amides is 1. The third-order valence-electron chi connectivity index (χ3n) is 4.48. The lowest BCUT2D eigenvalue weighted by Crippen LogP contribution is -2.47. The van der Waals surface area contributed by atoms with Gasteiger partial charge < -0.3 is 26.0 Å². The van der Waals surface area contributed by atoms with Crippen LogP contribution in [-0.2, 0) is 26.3 Å². The number of hydrogen-bond donors (Lipinski definition) is 4. The van der Waals surface area contributed by atoms with Gasteiger partial charge in [0.05, 0.1) is 6.61 Å². The van der Waals surface area contributed by atoms with Gasteiger partial charge in [-0.15, -0.1) is 0 Å². The van der Waals surface area contributed by atoms with Gasteiger partial charge in [0, 0.05) is 11.3 Å². The van der Waals surface area contributed by atoms with E-state index in [1.807, 2.05) is 12.1 Å². The Morgan fingerprint density at radius 2 is 1.67 bits per heavy atom. The summed E-state index contributed by atoms with van der Waals surface area (Å²) in [5.41, 5.74) is 8.02. The highest BCUT2D eigenvalue weighted by atomic mass is 16.5. The van der Waals surface area contributed by atoms with Crippen molar-refractivity contribution in [2.75, 3.05) is 5.32 Å². The fourth-order valence-corrected chi connectivity index (χ4v) is 2.71. The molecular weight excluding hydrogens is 388 g/mol. The SMILES string of the molecule is CC(C)(C)c1ccc(C(=O)Nc2cccc(CO[C@H](C(=O)O)[C@H](N)C(=O)O)c2)cc1. The van der Waals surface area contributed by atoms with Crippen molar-refractivity contribution >= 4 is 23.5 Å². The average Bonchev–Trinajstić information content (AvgIpc) is 2.67. The van der Waals surface area contributed by atoms with E-state index in [0.29, 0.717) is 16.8 Å². The summed E-state index contributed by atoms with van der Waals surface area (Å²) < 4.78 is 5.18. The Bertz CT molecular complexity index is 918. The summed E-state index contributed by atoms with van der Waals surface area (Å²) in [4.78, 5) is 34.6. The lowest BCUT2D eigenvalue weighted by molar-refractivity contribution is -0.159. The van der Waals surface area contributed by atoms with Gasteiger partial charge in [-0.05, 0) is 40.8 Å². The number of carboxylic acid groups (broad SMARTS) is 2. The van der Waals surface area contributed by atoms with E-state index >= 15 is 0 Å². The van der Waals surface area contributed by atoms with Crippen LogP contribution in [0.15, 0.2) is 48.5 Å². The smallest absolute Gasteiger partial charge is 0.335 e. The van der Waals surface area contributed by atoms with Crippen molar-refractivity contribution in [3.8, 4) is 0 Å². The van der Waals surface area contributed by atoms with E-state index in [2.05, 4.69) is 26.1 Å². The van der Waals surface area contributed by atoms with Crippen LogP contribution in [0.5, 0.6) is 0 Å². The molecule has 0 radical (unpaired) electrons. The first-order valence-corrected chi connectivity index (χ1v) is 9.32. The lowest BCUT2D eigenvalue weighted by Gasteiger charge is -2.19.